The summed E-state index contributed by atoms with van der Waals surface area (Å²) < 4.78 is 0. The van der Waals surface area contributed by atoms with Gasteiger partial charge in [-0.3, -0.25) is 0 Å². The van der Waals surface area contributed by atoms with E-state index in [1.807, 2.05) is 13.1 Å². The van der Waals surface area contributed by atoms with E-state index in [1.165, 1.54) is 55.2 Å². The van der Waals surface area contributed by atoms with E-state index < -0.39 is 0 Å². The Hall–Kier alpha value is -0.790. The number of hydrogen-bond donors (Lipinski definition) is 1. The Morgan fingerprint density at radius 2 is 1.95 bits per heavy atom. The number of hydrogen-bond acceptors (Lipinski definition) is 1. The molecular weight excluding hydrogens is 254 g/mol. The minimum absolute atomic E-state index is 0.316. The Morgan fingerprint density at radius 1 is 1.16 bits per heavy atom. The zero-order valence-corrected chi connectivity index (χ0v) is 12.8. The van der Waals surface area contributed by atoms with Crippen LogP contribution in [-0.2, 0) is 0 Å². The second-order valence-electron chi connectivity index (χ2n) is 5.41. The van der Waals surface area contributed by atoms with E-state index >= 15 is 0 Å². The largest absolute Gasteiger partial charge is 0.310 e. The molecule has 1 unspecified atom stereocenters. The molecule has 0 amide bonds. The van der Waals surface area contributed by atoms with E-state index in [4.69, 9.17) is 11.6 Å². The molecule has 0 aromatic heterocycles. The molecule has 1 N–H and O–H groups in total. The maximum absolute atomic E-state index is 6.26. The average molecular weight is 278 g/mol. The summed E-state index contributed by atoms with van der Waals surface area (Å²) in [5, 5.41) is 4.34. The highest BCUT2D eigenvalue weighted by Crippen LogP contribution is 2.32. The zero-order valence-electron chi connectivity index (χ0n) is 12.0. The zero-order chi connectivity index (χ0) is 13.7. The SMILES string of the molecule is CNC(/C1=C/CCCCCC1)c1cccc(Cl)c1C. The van der Waals surface area contributed by atoms with Crippen molar-refractivity contribution in [2.24, 2.45) is 0 Å². The highest BCUT2D eigenvalue weighted by Gasteiger charge is 2.18. The number of rotatable bonds is 3. The normalized spacial score (nSPS) is 21.1. The second-order valence-corrected chi connectivity index (χ2v) is 5.81. The lowest BCUT2D eigenvalue weighted by atomic mass is 9.89. The molecule has 1 aromatic rings. The van der Waals surface area contributed by atoms with Gasteiger partial charge < -0.3 is 5.32 Å². The average Bonchev–Trinajstić information content (AvgIpc) is 2.37. The molecule has 0 fully saturated rings. The number of benzene rings is 1. The van der Waals surface area contributed by atoms with Gasteiger partial charge in [0.15, 0.2) is 0 Å². The molecule has 0 radical (unpaired) electrons. The maximum Gasteiger partial charge on any atom is 0.0536 e. The first-order valence-corrected chi connectivity index (χ1v) is 7.73. The lowest BCUT2D eigenvalue weighted by Gasteiger charge is -2.24. The van der Waals surface area contributed by atoms with Crippen molar-refractivity contribution in [1.82, 2.24) is 5.32 Å². The van der Waals surface area contributed by atoms with E-state index in [2.05, 4.69) is 30.4 Å². The van der Waals surface area contributed by atoms with Crippen molar-refractivity contribution >= 4 is 11.6 Å². The molecule has 1 aliphatic carbocycles. The van der Waals surface area contributed by atoms with Crippen molar-refractivity contribution in [3.63, 3.8) is 0 Å². The van der Waals surface area contributed by atoms with Gasteiger partial charge in [-0.2, -0.15) is 0 Å². The molecule has 1 nitrogen and oxygen atoms in total. The summed E-state index contributed by atoms with van der Waals surface area (Å²) in [7, 11) is 2.05. The van der Waals surface area contributed by atoms with Crippen LogP contribution in [0.25, 0.3) is 0 Å². The minimum Gasteiger partial charge on any atom is -0.310 e. The highest BCUT2D eigenvalue weighted by molar-refractivity contribution is 6.31. The maximum atomic E-state index is 6.26. The number of halogens is 1. The first-order chi connectivity index (χ1) is 9.24. The first-order valence-electron chi connectivity index (χ1n) is 7.35. The fourth-order valence-corrected chi connectivity index (χ4v) is 3.14. The molecule has 1 aliphatic rings. The van der Waals surface area contributed by atoms with Crippen LogP contribution >= 0.6 is 11.6 Å². The third kappa shape index (κ3) is 3.61. The molecule has 1 atom stereocenters. The summed E-state index contributed by atoms with van der Waals surface area (Å²) >= 11 is 6.26. The van der Waals surface area contributed by atoms with Crippen LogP contribution in [0.1, 0.15) is 55.7 Å². The van der Waals surface area contributed by atoms with Crippen LogP contribution in [0.3, 0.4) is 0 Å². The third-order valence-electron chi connectivity index (χ3n) is 4.11. The summed E-state index contributed by atoms with van der Waals surface area (Å²) in [6.07, 6.45) is 10.2. The topological polar surface area (TPSA) is 12.0 Å². The van der Waals surface area contributed by atoms with Crippen molar-refractivity contribution in [1.29, 1.82) is 0 Å². The van der Waals surface area contributed by atoms with Gasteiger partial charge in [0.05, 0.1) is 6.04 Å². The van der Waals surface area contributed by atoms with Crippen molar-refractivity contribution in [3.05, 3.63) is 46.0 Å². The Morgan fingerprint density at radius 3 is 2.74 bits per heavy atom. The lowest BCUT2D eigenvalue weighted by Crippen LogP contribution is -2.20. The van der Waals surface area contributed by atoms with Crippen LogP contribution in [0.2, 0.25) is 5.02 Å². The van der Waals surface area contributed by atoms with E-state index in [9.17, 15) is 0 Å². The summed E-state index contributed by atoms with van der Waals surface area (Å²) in [6.45, 7) is 2.12. The summed E-state index contributed by atoms with van der Waals surface area (Å²) in [6, 6.07) is 6.54. The van der Waals surface area contributed by atoms with Crippen molar-refractivity contribution in [2.45, 2.75) is 51.5 Å². The molecule has 19 heavy (non-hydrogen) atoms. The molecule has 0 heterocycles. The Kier molecular flexibility index (Phi) is 5.47. The van der Waals surface area contributed by atoms with Crippen molar-refractivity contribution in [3.8, 4) is 0 Å². The van der Waals surface area contributed by atoms with Gasteiger partial charge in [0.2, 0.25) is 0 Å². The van der Waals surface area contributed by atoms with E-state index in [0.717, 1.165) is 5.02 Å². The van der Waals surface area contributed by atoms with Crippen LogP contribution in [0, 0.1) is 6.92 Å². The molecule has 1 aromatic carbocycles. The van der Waals surface area contributed by atoms with Crippen molar-refractivity contribution in [2.75, 3.05) is 7.05 Å². The summed E-state index contributed by atoms with van der Waals surface area (Å²) in [5.74, 6) is 0. The van der Waals surface area contributed by atoms with Crippen LogP contribution in [0.5, 0.6) is 0 Å². The standard InChI is InChI=1S/C17H24ClN/c1-13-15(11-8-12-16(13)18)17(19-2)14-9-6-4-3-5-7-10-14/h8-9,11-12,17,19H,3-7,10H2,1-2H3/b14-9+. The van der Waals surface area contributed by atoms with Gasteiger partial charge in [0, 0.05) is 5.02 Å². The molecule has 0 spiro atoms. The molecule has 0 aliphatic heterocycles. The quantitative estimate of drug-likeness (QED) is 0.750. The molecule has 0 bridgehead atoms. The van der Waals surface area contributed by atoms with Crippen LogP contribution in [0.4, 0.5) is 0 Å². The molecule has 104 valence electrons. The van der Waals surface area contributed by atoms with E-state index in [0.29, 0.717) is 6.04 Å². The number of nitrogens with one attached hydrogen (secondary N) is 1. The van der Waals surface area contributed by atoms with Gasteiger partial charge in [0.1, 0.15) is 0 Å². The van der Waals surface area contributed by atoms with Gasteiger partial charge in [0.25, 0.3) is 0 Å². The van der Waals surface area contributed by atoms with Gasteiger partial charge in [-0.15, -0.1) is 0 Å². The van der Waals surface area contributed by atoms with E-state index in [1.54, 1.807) is 0 Å². The first kappa shape index (κ1) is 14.6. The predicted molar refractivity (Wildman–Crippen MR) is 83.8 cm³/mol. The highest BCUT2D eigenvalue weighted by atomic mass is 35.5. The third-order valence-corrected chi connectivity index (χ3v) is 4.52. The minimum atomic E-state index is 0.316. The summed E-state index contributed by atoms with van der Waals surface area (Å²) in [4.78, 5) is 0. The lowest BCUT2D eigenvalue weighted by molar-refractivity contribution is 0.572. The van der Waals surface area contributed by atoms with E-state index in [-0.39, 0.29) is 0 Å². The van der Waals surface area contributed by atoms with Crippen LogP contribution in [-0.4, -0.2) is 7.05 Å². The van der Waals surface area contributed by atoms with Crippen LogP contribution in [0.15, 0.2) is 29.8 Å². The van der Waals surface area contributed by atoms with Crippen molar-refractivity contribution < 1.29 is 0 Å². The number of allylic oxidation sites excluding steroid dienone is 1. The number of likely N-dealkylation sites (N-methyl/N-ethyl adjacent to an activating group) is 1. The second kappa shape index (κ2) is 7.12. The Bertz CT molecular complexity index is 451. The molecule has 0 saturated carbocycles. The Labute approximate surface area is 122 Å². The molecular formula is C17H24ClN. The Balaban J connectivity index is 2.30. The molecule has 2 rings (SSSR count). The predicted octanol–water partition coefficient (Wildman–Crippen LogP) is 5.19. The van der Waals surface area contributed by atoms with Gasteiger partial charge in [-0.05, 0) is 56.8 Å². The molecule has 2 heteroatoms. The molecule has 0 saturated heterocycles. The smallest absolute Gasteiger partial charge is 0.0536 e. The fraction of sp³-hybridized carbons (Fsp3) is 0.529. The fourth-order valence-electron chi connectivity index (χ4n) is 2.96. The van der Waals surface area contributed by atoms with Gasteiger partial charge in [-0.1, -0.05) is 48.2 Å². The summed E-state index contributed by atoms with van der Waals surface area (Å²) in [5.41, 5.74) is 4.06. The monoisotopic (exact) mass is 277 g/mol. The van der Waals surface area contributed by atoms with Gasteiger partial charge >= 0.3 is 0 Å². The van der Waals surface area contributed by atoms with Crippen LogP contribution < -0.4 is 5.32 Å². The van der Waals surface area contributed by atoms with Gasteiger partial charge in [-0.25, -0.2) is 0 Å².